The SMILES string of the molecule is NC(CCNS(=O)(=O)NCc1nccs1)C(=O)O. The summed E-state index contributed by atoms with van der Waals surface area (Å²) in [5, 5.41) is 10.9. The van der Waals surface area contributed by atoms with Crippen LogP contribution in [0.4, 0.5) is 0 Å². The summed E-state index contributed by atoms with van der Waals surface area (Å²) in [7, 11) is -3.66. The van der Waals surface area contributed by atoms with E-state index >= 15 is 0 Å². The van der Waals surface area contributed by atoms with Crippen molar-refractivity contribution in [2.75, 3.05) is 6.54 Å². The molecule has 0 aromatic carbocycles. The molecule has 0 saturated carbocycles. The van der Waals surface area contributed by atoms with Crippen LogP contribution in [0.2, 0.25) is 0 Å². The lowest BCUT2D eigenvalue weighted by Crippen LogP contribution is -2.40. The van der Waals surface area contributed by atoms with E-state index in [1.54, 1.807) is 11.6 Å². The molecule has 0 aliphatic heterocycles. The number of aliphatic carboxylic acids is 1. The molecule has 1 heterocycles. The molecule has 0 aliphatic rings. The van der Waals surface area contributed by atoms with E-state index in [1.165, 1.54) is 11.3 Å². The first-order valence-corrected chi connectivity index (χ1v) is 7.38. The molecule has 0 amide bonds. The van der Waals surface area contributed by atoms with Crippen molar-refractivity contribution in [2.45, 2.75) is 19.0 Å². The monoisotopic (exact) mass is 294 g/mol. The minimum Gasteiger partial charge on any atom is -0.480 e. The zero-order valence-electron chi connectivity index (χ0n) is 9.37. The highest BCUT2D eigenvalue weighted by molar-refractivity contribution is 7.87. The van der Waals surface area contributed by atoms with Crippen molar-refractivity contribution in [1.29, 1.82) is 0 Å². The van der Waals surface area contributed by atoms with Crippen LogP contribution in [0.1, 0.15) is 11.4 Å². The molecule has 0 aliphatic carbocycles. The van der Waals surface area contributed by atoms with Gasteiger partial charge in [-0.05, 0) is 6.42 Å². The van der Waals surface area contributed by atoms with Gasteiger partial charge in [0, 0.05) is 18.1 Å². The van der Waals surface area contributed by atoms with Crippen molar-refractivity contribution >= 4 is 27.5 Å². The van der Waals surface area contributed by atoms with Gasteiger partial charge in [0.25, 0.3) is 10.2 Å². The Morgan fingerprint density at radius 1 is 1.56 bits per heavy atom. The fourth-order valence-corrected chi connectivity index (χ4v) is 2.48. The minimum atomic E-state index is -3.66. The minimum absolute atomic E-state index is 0.0213. The van der Waals surface area contributed by atoms with Crippen LogP contribution in [-0.2, 0) is 21.5 Å². The van der Waals surface area contributed by atoms with E-state index in [0.29, 0.717) is 5.01 Å². The molecule has 5 N–H and O–H groups in total. The molecule has 10 heteroatoms. The molecule has 0 saturated heterocycles. The second-order valence-corrected chi connectivity index (χ2v) is 5.94. The zero-order valence-corrected chi connectivity index (χ0v) is 11.0. The average molecular weight is 294 g/mol. The van der Waals surface area contributed by atoms with Crippen LogP contribution >= 0.6 is 11.3 Å². The van der Waals surface area contributed by atoms with Crippen LogP contribution in [0.3, 0.4) is 0 Å². The molecule has 0 spiro atoms. The Morgan fingerprint density at radius 3 is 2.83 bits per heavy atom. The number of nitrogens with zero attached hydrogens (tertiary/aromatic N) is 1. The van der Waals surface area contributed by atoms with Gasteiger partial charge in [-0.2, -0.15) is 13.1 Å². The summed E-state index contributed by atoms with van der Waals surface area (Å²) in [6, 6.07) is -1.08. The lowest BCUT2D eigenvalue weighted by molar-refractivity contribution is -0.138. The van der Waals surface area contributed by atoms with E-state index in [0.717, 1.165) is 0 Å². The Kier molecular flexibility index (Phi) is 5.62. The maximum atomic E-state index is 11.4. The number of hydrogen-bond donors (Lipinski definition) is 4. The number of carbonyl (C=O) groups is 1. The molecule has 1 rings (SSSR count). The van der Waals surface area contributed by atoms with Crippen molar-refractivity contribution < 1.29 is 18.3 Å². The number of nitrogens with two attached hydrogens (primary N) is 1. The average Bonchev–Trinajstić information content (AvgIpc) is 2.79. The fourth-order valence-electron chi connectivity index (χ4n) is 1.02. The molecule has 1 atom stereocenters. The molecule has 18 heavy (non-hydrogen) atoms. The third-order valence-corrected chi connectivity index (χ3v) is 3.85. The van der Waals surface area contributed by atoms with Gasteiger partial charge in [-0.25, -0.2) is 9.71 Å². The van der Waals surface area contributed by atoms with Gasteiger partial charge in [-0.3, -0.25) is 4.79 Å². The number of thiazole rings is 1. The molecule has 1 aromatic heterocycles. The number of hydrogen-bond acceptors (Lipinski definition) is 6. The van der Waals surface area contributed by atoms with Crippen LogP contribution in [0, 0.1) is 0 Å². The fraction of sp³-hybridized carbons (Fsp3) is 0.500. The topological polar surface area (TPSA) is 134 Å². The normalized spacial score (nSPS) is 13.4. The number of aromatic nitrogens is 1. The van der Waals surface area contributed by atoms with Crippen LogP contribution in [0.5, 0.6) is 0 Å². The second kappa shape index (κ2) is 6.75. The number of rotatable bonds is 8. The molecule has 1 aromatic rings. The Labute approximate surface area is 108 Å². The van der Waals surface area contributed by atoms with E-state index in [2.05, 4.69) is 14.4 Å². The Hall–Kier alpha value is -1.07. The molecule has 0 radical (unpaired) electrons. The predicted octanol–water partition coefficient (Wildman–Crippen LogP) is -1.13. The highest BCUT2D eigenvalue weighted by Gasteiger charge is 2.14. The van der Waals surface area contributed by atoms with Gasteiger partial charge >= 0.3 is 5.97 Å². The van der Waals surface area contributed by atoms with Gasteiger partial charge in [0.1, 0.15) is 11.0 Å². The third kappa shape index (κ3) is 5.51. The van der Waals surface area contributed by atoms with Crippen LogP contribution < -0.4 is 15.2 Å². The quantitative estimate of drug-likeness (QED) is 0.479. The van der Waals surface area contributed by atoms with Crippen molar-refractivity contribution in [3.8, 4) is 0 Å². The van der Waals surface area contributed by atoms with Gasteiger partial charge in [0.2, 0.25) is 0 Å². The van der Waals surface area contributed by atoms with E-state index in [4.69, 9.17) is 10.8 Å². The number of carboxylic acids is 1. The van der Waals surface area contributed by atoms with Crippen molar-refractivity contribution in [3.63, 3.8) is 0 Å². The van der Waals surface area contributed by atoms with E-state index < -0.39 is 22.2 Å². The summed E-state index contributed by atoms with van der Waals surface area (Å²) in [5.74, 6) is -1.16. The van der Waals surface area contributed by atoms with Crippen molar-refractivity contribution in [3.05, 3.63) is 16.6 Å². The van der Waals surface area contributed by atoms with E-state index in [9.17, 15) is 13.2 Å². The largest absolute Gasteiger partial charge is 0.480 e. The number of carboxylic acid groups (broad SMARTS) is 1. The lowest BCUT2D eigenvalue weighted by atomic mass is 10.2. The Morgan fingerprint density at radius 2 is 2.28 bits per heavy atom. The third-order valence-electron chi connectivity index (χ3n) is 1.96. The van der Waals surface area contributed by atoms with Gasteiger partial charge in [-0.15, -0.1) is 11.3 Å². The standard InChI is InChI=1S/C8H14N4O4S2/c9-6(8(13)14)1-2-11-18(15,16)12-5-7-10-3-4-17-7/h3-4,6,11-12H,1-2,5,9H2,(H,13,14). The van der Waals surface area contributed by atoms with Gasteiger partial charge in [0.15, 0.2) is 0 Å². The first-order valence-electron chi connectivity index (χ1n) is 5.02. The second-order valence-electron chi connectivity index (χ2n) is 3.38. The van der Waals surface area contributed by atoms with Crippen molar-refractivity contribution in [2.24, 2.45) is 5.73 Å². The van der Waals surface area contributed by atoms with Crippen LogP contribution in [0.25, 0.3) is 0 Å². The molecular formula is C8H14N4O4S2. The van der Waals surface area contributed by atoms with Gasteiger partial charge < -0.3 is 10.8 Å². The summed E-state index contributed by atoms with van der Waals surface area (Å²) in [6.45, 7) is 0.0542. The molecule has 8 nitrogen and oxygen atoms in total. The maximum Gasteiger partial charge on any atom is 0.320 e. The highest BCUT2D eigenvalue weighted by Crippen LogP contribution is 2.02. The molecular weight excluding hydrogens is 280 g/mol. The van der Waals surface area contributed by atoms with E-state index in [-0.39, 0.29) is 19.5 Å². The van der Waals surface area contributed by atoms with Crippen LogP contribution in [0.15, 0.2) is 11.6 Å². The molecule has 102 valence electrons. The molecule has 1 unspecified atom stereocenters. The smallest absolute Gasteiger partial charge is 0.320 e. The Balaban J connectivity index is 2.29. The highest BCUT2D eigenvalue weighted by atomic mass is 32.2. The zero-order chi connectivity index (χ0) is 13.6. The van der Waals surface area contributed by atoms with Gasteiger partial charge in [-0.1, -0.05) is 0 Å². The summed E-state index contributed by atoms with van der Waals surface area (Å²) in [5.41, 5.74) is 5.23. The first-order chi connectivity index (χ1) is 8.41. The van der Waals surface area contributed by atoms with Crippen LogP contribution in [-0.4, -0.2) is 37.1 Å². The summed E-state index contributed by atoms with van der Waals surface area (Å²) in [4.78, 5) is 14.3. The Bertz CT molecular complexity index is 473. The number of nitrogens with one attached hydrogen (secondary N) is 2. The summed E-state index contributed by atoms with van der Waals surface area (Å²) in [6.07, 6.45) is 1.60. The summed E-state index contributed by atoms with van der Waals surface area (Å²) >= 11 is 1.33. The van der Waals surface area contributed by atoms with Gasteiger partial charge in [0.05, 0.1) is 6.54 Å². The first kappa shape index (κ1) is 15.0. The molecule has 0 fully saturated rings. The molecule has 0 bridgehead atoms. The lowest BCUT2D eigenvalue weighted by Gasteiger charge is -2.09. The predicted molar refractivity (Wildman–Crippen MR) is 66.1 cm³/mol. The van der Waals surface area contributed by atoms with Crippen molar-refractivity contribution in [1.82, 2.24) is 14.4 Å². The maximum absolute atomic E-state index is 11.4. The summed E-state index contributed by atoms with van der Waals surface area (Å²) < 4.78 is 27.4. The van der Waals surface area contributed by atoms with E-state index in [1.807, 2.05) is 0 Å².